The van der Waals surface area contributed by atoms with E-state index < -0.39 is 0 Å². The molecule has 3 unspecified atom stereocenters. The SMILES string of the molecule is Cl.NC1c2ccccc2C2CC12. The van der Waals surface area contributed by atoms with Gasteiger partial charge in [-0.3, -0.25) is 0 Å². The summed E-state index contributed by atoms with van der Waals surface area (Å²) >= 11 is 0. The highest BCUT2D eigenvalue weighted by Crippen LogP contribution is 2.60. The highest BCUT2D eigenvalue weighted by atomic mass is 35.5. The molecule has 1 aromatic rings. The number of hydrogen-bond acceptors (Lipinski definition) is 1. The van der Waals surface area contributed by atoms with Gasteiger partial charge in [0.05, 0.1) is 0 Å². The Morgan fingerprint density at radius 2 is 1.83 bits per heavy atom. The van der Waals surface area contributed by atoms with Crippen molar-refractivity contribution in [1.29, 1.82) is 0 Å². The van der Waals surface area contributed by atoms with Crippen LogP contribution in [0.3, 0.4) is 0 Å². The van der Waals surface area contributed by atoms with E-state index in [0.717, 1.165) is 11.8 Å². The number of halogens is 1. The minimum Gasteiger partial charge on any atom is -0.324 e. The van der Waals surface area contributed by atoms with Crippen LogP contribution < -0.4 is 5.73 Å². The Kier molecular flexibility index (Phi) is 1.67. The molecule has 0 amide bonds. The van der Waals surface area contributed by atoms with E-state index in [0.29, 0.717) is 6.04 Å². The second-order valence-electron chi connectivity index (χ2n) is 3.66. The maximum absolute atomic E-state index is 6.03. The second-order valence-corrected chi connectivity index (χ2v) is 3.66. The monoisotopic (exact) mass is 181 g/mol. The molecular weight excluding hydrogens is 170 g/mol. The van der Waals surface area contributed by atoms with Gasteiger partial charge in [-0.1, -0.05) is 24.3 Å². The predicted molar refractivity (Wildman–Crippen MR) is 51.5 cm³/mol. The third-order valence-corrected chi connectivity index (χ3v) is 3.06. The van der Waals surface area contributed by atoms with Crippen molar-refractivity contribution in [2.45, 2.75) is 18.4 Å². The number of rotatable bonds is 0. The third-order valence-electron chi connectivity index (χ3n) is 3.06. The van der Waals surface area contributed by atoms with Crippen molar-refractivity contribution in [1.82, 2.24) is 0 Å². The van der Waals surface area contributed by atoms with Crippen LogP contribution in [0.1, 0.15) is 29.5 Å². The summed E-state index contributed by atoms with van der Waals surface area (Å²) in [5.74, 6) is 1.61. The van der Waals surface area contributed by atoms with Gasteiger partial charge in [0.1, 0.15) is 0 Å². The van der Waals surface area contributed by atoms with E-state index in [4.69, 9.17) is 5.73 Å². The van der Waals surface area contributed by atoms with Crippen LogP contribution in [0.15, 0.2) is 24.3 Å². The van der Waals surface area contributed by atoms with Gasteiger partial charge in [-0.15, -0.1) is 12.4 Å². The van der Waals surface area contributed by atoms with Crippen LogP contribution in [0.25, 0.3) is 0 Å². The fraction of sp³-hybridized carbons (Fsp3) is 0.400. The summed E-state index contributed by atoms with van der Waals surface area (Å²) in [6.07, 6.45) is 1.33. The van der Waals surface area contributed by atoms with Crippen molar-refractivity contribution >= 4 is 12.4 Å². The van der Waals surface area contributed by atoms with Crippen molar-refractivity contribution in [3.8, 4) is 0 Å². The Hall–Kier alpha value is -0.530. The molecule has 3 rings (SSSR count). The summed E-state index contributed by atoms with van der Waals surface area (Å²) in [7, 11) is 0. The van der Waals surface area contributed by atoms with E-state index >= 15 is 0 Å². The van der Waals surface area contributed by atoms with Crippen molar-refractivity contribution in [3.05, 3.63) is 35.4 Å². The number of hydrogen-bond donors (Lipinski definition) is 1. The van der Waals surface area contributed by atoms with Gasteiger partial charge in [-0.05, 0) is 29.4 Å². The van der Waals surface area contributed by atoms with Crippen LogP contribution in [-0.4, -0.2) is 0 Å². The van der Waals surface area contributed by atoms with Crippen LogP contribution in [0.4, 0.5) is 0 Å². The fourth-order valence-electron chi connectivity index (χ4n) is 2.35. The van der Waals surface area contributed by atoms with Crippen molar-refractivity contribution < 1.29 is 0 Å². The molecule has 1 nitrogen and oxygen atoms in total. The van der Waals surface area contributed by atoms with Gasteiger partial charge in [0, 0.05) is 6.04 Å². The summed E-state index contributed by atoms with van der Waals surface area (Å²) in [5.41, 5.74) is 8.95. The van der Waals surface area contributed by atoms with Crippen LogP contribution in [0, 0.1) is 5.92 Å². The normalized spacial score (nSPS) is 34.9. The summed E-state index contributed by atoms with van der Waals surface area (Å²) < 4.78 is 0. The Morgan fingerprint density at radius 3 is 2.50 bits per heavy atom. The van der Waals surface area contributed by atoms with Crippen LogP contribution in [0.2, 0.25) is 0 Å². The summed E-state index contributed by atoms with van der Waals surface area (Å²) in [5, 5.41) is 0. The first kappa shape index (κ1) is 8.09. The number of benzene rings is 1. The zero-order chi connectivity index (χ0) is 7.42. The molecule has 0 aliphatic heterocycles. The van der Waals surface area contributed by atoms with Gasteiger partial charge in [-0.25, -0.2) is 0 Å². The summed E-state index contributed by atoms with van der Waals surface area (Å²) in [6.45, 7) is 0. The van der Waals surface area contributed by atoms with Gasteiger partial charge in [-0.2, -0.15) is 0 Å². The largest absolute Gasteiger partial charge is 0.324 e. The van der Waals surface area contributed by atoms with Crippen LogP contribution in [0.5, 0.6) is 0 Å². The Labute approximate surface area is 78.4 Å². The third kappa shape index (κ3) is 0.838. The Bertz CT molecular complexity index is 295. The minimum atomic E-state index is 0. The zero-order valence-corrected chi connectivity index (χ0v) is 7.55. The highest BCUT2D eigenvalue weighted by molar-refractivity contribution is 5.85. The first-order valence-electron chi connectivity index (χ1n) is 4.22. The molecule has 1 fully saturated rings. The zero-order valence-electron chi connectivity index (χ0n) is 6.73. The average Bonchev–Trinajstić information content (AvgIpc) is 2.78. The van der Waals surface area contributed by atoms with Crippen molar-refractivity contribution in [3.63, 3.8) is 0 Å². The maximum atomic E-state index is 6.03. The van der Waals surface area contributed by atoms with Gasteiger partial charge in [0.25, 0.3) is 0 Å². The smallest absolute Gasteiger partial charge is 0.0332 e. The molecule has 0 saturated heterocycles. The lowest BCUT2D eigenvalue weighted by Crippen LogP contribution is -2.09. The first-order valence-corrected chi connectivity index (χ1v) is 4.22. The number of nitrogens with two attached hydrogens (primary N) is 1. The van der Waals surface area contributed by atoms with E-state index in [1.54, 1.807) is 0 Å². The Balaban J connectivity index is 0.000000563. The molecule has 2 heteroatoms. The second kappa shape index (κ2) is 2.48. The molecule has 0 aromatic heterocycles. The lowest BCUT2D eigenvalue weighted by atomic mass is 10.0. The molecule has 0 spiro atoms. The lowest BCUT2D eigenvalue weighted by molar-refractivity contribution is 0.654. The van der Waals surface area contributed by atoms with E-state index in [-0.39, 0.29) is 12.4 Å². The summed E-state index contributed by atoms with van der Waals surface area (Å²) in [6, 6.07) is 8.95. The van der Waals surface area contributed by atoms with E-state index in [1.807, 2.05) is 0 Å². The van der Waals surface area contributed by atoms with Gasteiger partial charge < -0.3 is 5.73 Å². The molecule has 64 valence electrons. The molecular formula is C10H12ClN. The molecule has 0 bridgehead atoms. The van der Waals surface area contributed by atoms with Crippen LogP contribution in [-0.2, 0) is 0 Å². The fourth-order valence-corrected chi connectivity index (χ4v) is 2.35. The molecule has 0 radical (unpaired) electrons. The molecule has 2 aliphatic rings. The van der Waals surface area contributed by atoms with Gasteiger partial charge in [0.2, 0.25) is 0 Å². The van der Waals surface area contributed by atoms with E-state index in [9.17, 15) is 0 Å². The molecule has 12 heavy (non-hydrogen) atoms. The van der Waals surface area contributed by atoms with Crippen molar-refractivity contribution in [2.24, 2.45) is 11.7 Å². The maximum Gasteiger partial charge on any atom is 0.0332 e. The predicted octanol–water partition coefficient (Wildman–Crippen LogP) is 2.23. The van der Waals surface area contributed by atoms with Gasteiger partial charge in [0.15, 0.2) is 0 Å². The molecule has 1 saturated carbocycles. The Morgan fingerprint density at radius 1 is 1.17 bits per heavy atom. The van der Waals surface area contributed by atoms with Gasteiger partial charge >= 0.3 is 0 Å². The summed E-state index contributed by atoms with van der Waals surface area (Å²) in [4.78, 5) is 0. The van der Waals surface area contributed by atoms with E-state index in [2.05, 4.69) is 24.3 Å². The topological polar surface area (TPSA) is 26.0 Å². The quantitative estimate of drug-likeness (QED) is 0.653. The number of fused-ring (bicyclic) bond motifs is 3. The van der Waals surface area contributed by atoms with Crippen molar-refractivity contribution in [2.75, 3.05) is 0 Å². The van der Waals surface area contributed by atoms with E-state index in [1.165, 1.54) is 17.5 Å². The molecule has 1 aromatic carbocycles. The average molecular weight is 182 g/mol. The lowest BCUT2D eigenvalue weighted by Gasteiger charge is -2.07. The first-order chi connectivity index (χ1) is 5.38. The van der Waals surface area contributed by atoms with Crippen LogP contribution >= 0.6 is 12.4 Å². The molecule has 3 atom stereocenters. The minimum absolute atomic E-state index is 0. The molecule has 0 heterocycles. The molecule has 2 N–H and O–H groups in total. The standard InChI is InChI=1S/C10H11N.ClH/c11-10-7-4-2-1-3-6(7)8-5-9(8)10;/h1-4,8-10H,5,11H2;1H. The highest BCUT2D eigenvalue weighted by Gasteiger charge is 2.49. The molecule has 2 aliphatic carbocycles.